The number of hydrazine groups is 1. The van der Waals surface area contributed by atoms with Gasteiger partial charge < -0.3 is 10.4 Å². The van der Waals surface area contributed by atoms with Crippen LogP contribution in [0.3, 0.4) is 0 Å². The summed E-state index contributed by atoms with van der Waals surface area (Å²) >= 11 is 6.68. The van der Waals surface area contributed by atoms with Gasteiger partial charge in [-0.2, -0.15) is 5.10 Å². The lowest BCUT2D eigenvalue weighted by Crippen LogP contribution is -2.55. The van der Waals surface area contributed by atoms with Crippen molar-refractivity contribution in [2.75, 3.05) is 5.32 Å². The molecule has 184 valence electrons. The molecule has 5 rings (SSSR count). The number of benzene rings is 2. The normalized spacial score (nSPS) is 22.5. The van der Waals surface area contributed by atoms with E-state index in [1.54, 1.807) is 24.6 Å². The van der Waals surface area contributed by atoms with Gasteiger partial charge in [0.05, 0.1) is 23.7 Å². The minimum absolute atomic E-state index is 0.00210. The molecule has 8 nitrogen and oxygen atoms in total. The lowest BCUT2D eigenvalue weighted by Gasteiger charge is -2.41. The average Bonchev–Trinajstić information content (AvgIpc) is 3.17. The molecular formula is C26H30ClN5O3. The van der Waals surface area contributed by atoms with E-state index in [2.05, 4.69) is 21.3 Å². The van der Waals surface area contributed by atoms with Crippen LogP contribution in [0.15, 0.2) is 42.5 Å². The van der Waals surface area contributed by atoms with E-state index in [4.69, 9.17) is 11.6 Å². The van der Waals surface area contributed by atoms with Crippen molar-refractivity contribution in [3.63, 3.8) is 0 Å². The number of aliphatic hydroxyl groups is 1. The number of carbonyl (C=O) groups is 2. The van der Waals surface area contributed by atoms with E-state index in [9.17, 15) is 14.7 Å². The molecule has 2 heterocycles. The Kier molecular flexibility index (Phi) is 6.29. The monoisotopic (exact) mass is 495 g/mol. The summed E-state index contributed by atoms with van der Waals surface area (Å²) in [5.74, 6) is -0.101. The topological polar surface area (TPSA) is 108 Å². The molecule has 0 bridgehead atoms. The van der Waals surface area contributed by atoms with Crippen LogP contribution in [0.25, 0.3) is 10.9 Å². The SMILES string of the molecule is CC(C)(O)Cn1nc(C(=O)Nc2ccc(C3NNC(=O)C4CCCCC43)c(Cl)c2)c2ccccc21. The molecule has 2 aromatic carbocycles. The second-order valence-electron chi connectivity index (χ2n) is 10.2. The predicted octanol–water partition coefficient (Wildman–Crippen LogP) is 4.19. The molecule has 2 aliphatic rings. The molecule has 3 aromatic rings. The van der Waals surface area contributed by atoms with Crippen LogP contribution >= 0.6 is 11.6 Å². The third-order valence-corrected chi connectivity index (χ3v) is 7.27. The molecule has 3 atom stereocenters. The van der Waals surface area contributed by atoms with Gasteiger partial charge >= 0.3 is 0 Å². The molecule has 1 saturated carbocycles. The van der Waals surface area contributed by atoms with Gasteiger partial charge in [0.15, 0.2) is 5.69 Å². The summed E-state index contributed by atoms with van der Waals surface area (Å²) in [6.45, 7) is 3.66. The van der Waals surface area contributed by atoms with E-state index in [1.165, 1.54) is 0 Å². The Morgan fingerprint density at radius 2 is 2.00 bits per heavy atom. The summed E-state index contributed by atoms with van der Waals surface area (Å²) in [4.78, 5) is 25.5. The third-order valence-electron chi connectivity index (χ3n) is 6.94. The lowest BCUT2D eigenvalue weighted by molar-refractivity contribution is -0.133. The van der Waals surface area contributed by atoms with Crippen LogP contribution in [-0.4, -0.2) is 32.3 Å². The van der Waals surface area contributed by atoms with Gasteiger partial charge in [-0.25, -0.2) is 5.43 Å². The summed E-state index contributed by atoms with van der Waals surface area (Å²) in [5, 5.41) is 18.9. The van der Waals surface area contributed by atoms with E-state index in [1.807, 2.05) is 36.4 Å². The highest BCUT2D eigenvalue weighted by Crippen LogP contribution is 2.42. The number of hydrogen-bond acceptors (Lipinski definition) is 5. The Bertz CT molecular complexity index is 1280. The van der Waals surface area contributed by atoms with Crippen LogP contribution in [0.4, 0.5) is 5.69 Å². The quantitative estimate of drug-likeness (QED) is 0.424. The van der Waals surface area contributed by atoms with Gasteiger partial charge in [0.25, 0.3) is 5.91 Å². The first-order chi connectivity index (χ1) is 16.7. The second-order valence-corrected chi connectivity index (χ2v) is 10.6. The maximum atomic E-state index is 13.2. The Labute approximate surface area is 209 Å². The number of nitrogens with zero attached hydrogens (tertiary/aromatic N) is 2. The Morgan fingerprint density at radius 1 is 1.23 bits per heavy atom. The fourth-order valence-electron chi connectivity index (χ4n) is 5.37. The smallest absolute Gasteiger partial charge is 0.276 e. The molecule has 2 amide bonds. The van der Waals surface area contributed by atoms with Crippen LogP contribution in [0.5, 0.6) is 0 Å². The van der Waals surface area contributed by atoms with Crippen molar-refractivity contribution in [2.24, 2.45) is 11.8 Å². The maximum absolute atomic E-state index is 13.2. The van der Waals surface area contributed by atoms with Gasteiger partial charge in [-0.05, 0) is 56.4 Å². The van der Waals surface area contributed by atoms with Crippen molar-refractivity contribution in [3.05, 3.63) is 58.7 Å². The minimum atomic E-state index is -0.976. The average molecular weight is 496 g/mol. The molecule has 0 radical (unpaired) electrons. The van der Waals surface area contributed by atoms with Crippen molar-refractivity contribution in [1.82, 2.24) is 20.6 Å². The fourth-order valence-corrected chi connectivity index (χ4v) is 5.67. The first-order valence-corrected chi connectivity index (χ1v) is 12.4. The van der Waals surface area contributed by atoms with E-state index in [0.29, 0.717) is 16.1 Å². The van der Waals surface area contributed by atoms with Crippen LogP contribution in [-0.2, 0) is 11.3 Å². The molecule has 1 aliphatic heterocycles. The zero-order valence-electron chi connectivity index (χ0n) is 19.8. The standard InChI is InChI=1S/C26H30ClN5O3/c1-26(2,35)14-32-21-10-6-5-9-19(21)23(31-32)25(34)28-15-11-12-18(20(27)13-15)22-16-7-3-4-8-17(16)24(33)30-29-22/h5-6,9-13,16-17,22,29,35H,3-4,7-8,14H2,1-2H3,(H,28,34)(H,30,33). The van der Waals surface area contributed by atoms with Crippen LogP contribution in [0.2, 0.25) is 5.02 Å². The van der Waals surface area contributed by atoms with Gasteiger partial charge in [0, 0.05) is 22.0 Å². The molecule has 3 unspecified atom stereocenters. The second kappa shape index (κ2) is 9.26. The highest BCUT2D eigenvalue weighted by atomic mass is 35.5. The number of nitrogens with one attached hydrogen (secondary N) is 3. The van der Waals surface area contributed by atoms with Crippen molar-refractivity contribution < 1.29 is 14.7 Å². The van der Waals surface area contributed by atoms with Crippen LogP contribution in [0.1, 0.15) is 61.6 Å². The summed E-state index contributed by atoms with van der Waals surface area (Å²) in [5.41, 5.74) is 7.51. The summed E-state index contributed by atoms with van der Waals surface area (Å²) in [6, 6.07) is 12.9. The lowest BCUT2D eigenvalue weighted by atomic mass is 9.72. The van der Waals surface area contributed by atoms with Crippen molar-refractivity contribution in [3.8, 4) is 0 Å². The van der Waals surface area contributed by atoms with Crippen molar-refractivity contribution in [1.29, 1.82) is 0 Å². The van der Waals surface area contributed by atoms with E-state index in [-0.39, 0.29) is 41.9 Å². The van der Waals surface area contributed by atoms with Gasteiger partial charge in [0.1, 0.15) is 0 Å². The van der Waals surface area contributed by atoms with Crippen LogP contribution in [0, 0.1) is 11.8 Å². The van der Waals surface area contributed by atoms with Crippen LogP contribution < -0.4 is 16.2 Å². The number of aromatic nitrogens is 2. The van der Waals surface area contributed by atoms with E-state index in [0.717, 1.165) is 36.8 Å². The molecule has 1 aromatic heterocycles. The number of rotatable bonds is 5. The largest absolute Gasteiger partial charge is 0.389 e. The van der Waals surface area contributed by atoms with Gasteiger partial charge in [-0.3, -0.25) is 19.7 Å². The summed E-state index contributed by atoms with van der Waals surface area (Å²) in [7, 11) is 0. The Balaban J connectivity index is 1.38. The molecule has 2 fully saturated rings. The number of hydrogen-bond donors (Lipinski definition) is 4. The molecule has 0 spiro atoms. The zero-order chi connectivity index (χ0) is 24.7. The fraction of sp³-hybridized carbons (Fsp3) is 0.423. The van der Waals surface area contributed by atoms with E-state index >= 15 is 0 Å². The molecular weight excluding hydrogens is 466 g/mol. The van der Waals surface area contributed by atoms with Crippen molar-refractivity contribution in [2.45, 2.75) is 57.7 Å². The molecule has 9 heteroatoms. The Morgan fingerprint density at radius 3 is 2.77 bits per heavy atom. The number of fused-ring (bicyclic) bond motifs is 2. The number of carbonyl (C=O) groups excluding carboxylic acids is 2. The number of para-hydroxylation sites is 1. The molecule has 1 saturated heterocycles. The summed E-state index contributed by atoms with van der Waals surface area (Å²) < 4.78 is 1.66. The van der Waals surface area contributed by atoms with Gasteiger partial charge in [0.2, 0.25) is 5.91 Å². The zero-order valence-corrected chi connectivity index (χ0v) is 20.6. The highest BCUT2D eigenvalue weighted by Gasteiger charge is 2.41. The minimum Gasteiger partial charge on any atom is -0.389 e. The number of halogens is 1. The maximum Gasteiger partial charge on any atom is 0.276 e. The number of anilines is 1. The number of amides is 2. The summed E-state index contributed by atoms with van der Waals surface area (Å²) in [6.07, 6.45) is 4.05. The van der Waals surface area contributed by atoms with Gasteiger partial charge in [-0.15, -0.1) is 0 Å². The van der Waals surface area contributed by atoms with E-state index < -0.39 is 5.60 Å². The predicted molar refractivity (Wildman–Crippen MR) is 135 cm³/mol. The molecule has 4 N–H and O–H groups in total. The molecule has 1 aliphatic carbocycles. The Hall–Kier alpha value is -2.94. The highest BCUT2D eigenvalue weighted by molar-refractivity contribution is 6.31. The first-order valence-electron chi connectivity index (χ1n) is 12.1. The van der Waals surface area contributed by atoms with Gasteiger partial charge in [-0.1, -0.05) is 48.7 Å². The third kappa shape index (κ3) is 4.78. The first kappa shape index (κ1) is 23.8. The van der Waals surface area contributed by atoms with Crippen molar-refractivity contribution >= 4 is 40.0 Å². The molecule has 35 heavy (non-hydrogen) atoms.